The normalized spacial score (nSPS) is 12.5. The fourth-order valence-electron chi connectivity index (χ4n) is 1.81. The van der Waals surface area contributed by atoms with E-state index in [1.165, 1.54) is 5.56 Å². The highest BCUT2D eigenvalue weighted by molar-refractivity contribution is 6.26. The largest absolute Gasteiger partial charge is 0.411 e. The van der Waals surface area contributed by atoms with Gasteiger partial charge in [0.1, 0.15) is 0 Å². The molecule has 0 unspecified atom stereocenters. The van der Waals surface area contributed by atoms with Gasteiger partial charge in [-0.3, -0.25) is 4.98 Å². The Bertz CT molecular complexity index is 598. The summed E-state index contributed by atoms with van der Waals surface area (Å²) in [4.78, 5) is 3.99. The lowest BCUT2D eigenvalue weighted by Gasteiger charge is -2.07. The number of aryl methyl sites for hydroxylation is 1. The second kappa shape index (κ2) is 5.96. The Morgan fingerprint density at radius 1 is 1.11 bits per heavy atom. The summed E-state index contributed by atoms with van der Waals surface area (Å²) < 4.78 is 0. The van der Waals surface area contributed by atoms with Gasteiger partial charge < -0.3 is 5.21 Å². The van der Waals surface area contributed by atoms with Gasteiger partial charge in [0.15, 0.2) is 0 Å². The number of benzene rings is 1. The van der Waals surface area contributed by atoms with Crippen LogP contribution in [0.1, 0.15) is 23.6 Å². The van der Waals surface area contributed by atoms with Gasteiger partial charge in [-0.25, -0.2) is 0 Å². The molecule has 1 aromatic carbocycles. The van der Waals surface area contributed by atoms with Gasteiger partial charge >= 0.3 is 0 Å². The number of hydrogen-bond acceptors (Lipinski definition) is 3. The minimum Gasteiger partial charge on any atom is -0.411 e. The van der Waals surface area contributed by atoms with Gasteiger partial charge in [0.05, 0.1) is 5.71 Å². The van der Waals surface area contributed by atoms with Crippen molar-refractivity contribution in [1.29, 1.82) is 0 Å². The van der Waals surface area contributed by atoms with Crippen molar-refractivity contribution < 1.29 is 5.21 Å². The standard InChI is InChI=1S/C16H16N2O/c1-12-3-5-15(6-4-12)16(13(2)18-19)11-14-7-9-17-10-8-14/h3-11,19H,1-2H3/b16-11-,18-13-. The summed E-state index contributed by atoms with van der Waals surface area (Å²) in [7, 11) is 0. The Balaban J connectivity index is 2.48. The van der Waals surface area contributed by atoms with E-state index in [4.69, 9.17) is 5.21 Å². The molecular formula is C16H16N2O. The first-order valence-electron chi connectivity index (χ1n) is 6.08. The van der Waals surface area contributed by atoms with Gasteiger partial charge in [-0.2, -0.15) is 0 Å². The average molecular weight is 252 g/mol. The molecule has 3 nitrogen and oxygen atoms in total. The van der Waals surface area contributed by atoms with Crippen molar-refractivity contribution in [1.82, 2.24) is 4.98 Å². The van der Waals surface area contributed by atoms with E-state index in [-0.39, 0.29) is 0 Å². The van der Waals surface area contributed by atoms with Crippen LogP contribution in [-0.4, -0.2) is 15.9 Å². The Kier molecular flexibility index (Phi) is 4.08. The summed E-state index contributed by atoms with van der Waals surface area (Å²) in [6.45, 7) is 3.83. The second-order valence-electron chi connectivity index (χ2n) is 4.39. The van der Waals surface area contributed by atoms with Gasteiger partial charge in [-0.05, 0) is 43.2 Å². The first kappa shape index (κ1) is 13.0. The number of pyridine rings is 1. The maximum absolute atomic E-state index is 9.03. The molecule has 0 amide bonds. The summed E-state index contributed by atoms with van der Waals surface area (Å²) in [5.41, 5.74) is 4.73. The molecule has 0 saturated heterocycles. The number of hydrogen-bond donors (Lipinski definition) is 1. The number of rotatable bonds is 3. The van der Waals surface area contributed by atoms with Crippen molar-refractivity contribution in [3.8, 4) is 0 Å². The van der Waals surface area contributed by atoms with Gasteiger partial charge in [-0.1, -0.05) is 35.0 Å². The molecule has 1 heterocycles. The summed E-state index contributed by atoms with van der Waals surface area (Å²) in [6, 6.07) is 12.0. The monoisotopic (exact) mass is 252 g/mol. The Hall–Kier alpha value is -2.42. The zero-order valence-corrected chi connectivity index (χ0v) is 11.0. The van der Waals surface area contributed by atoms with Crippen LogP contribution in [0.2, 0.25) is 0 Å². The number of allylic oxidation sites excluding steroid dienone is 1. The second-order valence-corrected chi connectivity index (χ2v) is 4.39. The zero-order valence-electron chi connectivity index (χ0n) is 11.0. The molecular weight excluding hydrogens is 236 g/mol. The molecule has 1 N–H and O–H groups in total. The lowest BCUT2D eigenvalue weighted by atomic mass is 9.98. The van der Waals surface area contributed by atoms with E-state index >= 15 is 0 Å². The maximum atomic E-state index is 9.03. The molecule has 0 atom stereocenters. The molecule has 0 aliphatic heterocycles. The average Bonchev–Trinajstić information content (AvgIpc) is 2.46. The van der Waals surface area contributed by atoms with Crippen molar-refractivity contribution in [2.45, 2.75) is 13.8 Å². The van der Waals surface area contributed by atoms with Crippen molar-refractivity contribution in [2.24, 2.45) is 5.16 Å². The van der Waals surface area contributed by atoms with E-state index in [2.05, 4.69) is 10.1 Å². The molecule has 96 valence electrons. The van der Waals surface area contributed by atoms with Crippen molar-refractivity contribution in [3.63, 3.8) is 0 Å². The Morgan fingerprint density at radius 3 is 2.32 bits per heavy atom. The van der Waals surface area contributed by atoms with Crippen molar-refractivity contribution in [2.75, 3.05) is 0 Å². The highest BCUT2D eigenvalue weighted by Gasteiger charge is 2.06. The highest BCUT2D eigenvalue weighted by Crippen LogP contribution is 2.20. The minimum atomic E-state index is 0.584. The molecule has 0 saturated carbocycles. The van der Waals surface area contributed by atoms with Crippen LogP contribution in [0.15, 0.2) is 53.9 Å². The van der Waals surface area contributed by atoms with E-state index in [0.717, 1.165) is 16.7 Å². The topological polar surface area (TPSA) is 45.5 Å². The summed E-state index contributed by atoms with van der Waals surface area (Å²) in [6.07, 6.45) is 5.47. The van der Waals surface area contributed by atoms with Crippen molar-refractivity contribution in [3.05, 3.63) is 65.5 Å². The minimum absolute atomic E-state index is 0.584. The Labute approximate surface area is 112 Å². The third kappa shape index (κ3) is 3.28. The van der Waals surface area contributed by atoms with Crippen LogP contribution in [0.3, 0.4) is 0 Å². The van der Waals surface area contributed by atoms with Crippen LogP contribution in [-0.2, 0) is 0 Å². The van der Waals surface area contributed by atoms with Crippen LogP contribution in [0.5, 0.6) is 0 Å². The third-order valence-corrected chi connectivity index (χ3v) is 2.92. The molecule has 2 aromatic rings. The third-order valence-electron chi connectivity index (χ3n) is 2.92. The summed E-state index contributed by atoms with van der Waals surface area (Å²) in [5.74, 6) is 0. The number of aromatic nitrogens is 1. The highest BCUT2D eigenvalue weighted by atomic mass is 16.4. The molecule has 0 aliphatic carbocycles. The fourth-order valence-corrected chi connectivity index (χ4v) is 1.81. The lowest BCUT2D eigenvalue weighted by Crippen LogP contribution is -1.97. The lowest BCUT2D eigenvalue weighted by molar-refractivity contribution is 0.319. The van der Waals surface area contributed by atoms with Crippen LogP contribution in [0.25, 0.3) is 11.6 Å². The summed E-state index contributed by atoms with van der Waals surface area (Å²) in [5, 5.41) is 12.4. The van der Waals surface area contributed by atoms with Crippen LogP contribution in [0.4, 0.5) is 0 Å². The molecule has 2 rings (SSSR count). The van der Waals surface area contributed by atoms with E-state index < -0.39 is 0 Å². The van der Waals surface area contributed by atoms with Crippen molar-refractivity contribution >= 4 is 17.4 Å². The summed E-state index contributed by atoms with van der Waals surface area (Å²) >= 11 is 0. The predicted octanol–water partition coefficient (Wildman–Crippen LogP) is 3.78. The molecule has 19 heavy (non-hydrogen) atoms. The van der Waals surface area contributed by atoms with Gasteiger partial charge in [-0.15, -0.1) is 0 Å². The van der Waals surface area contributed by atoms with Gasteiger partial charge in [0, 0.05) is 18.0 Å². The maximum Gasteiger partial charge on any atom is 0.0843 e. The number of nitrogens with zero attached hydrogens (tertiary/aromatic N) is 2. The van der Waals surface area contributed by atoms with Gasteiger partial charge in [0.25, 0.3) is 0 Å². The molecule has 3 heteroatoms. The van der Waals surface area contributed by atoms with Crippen LogP contribution < -0.4 is 0 Å². The van der Waals surface area contributed by atoms with E-state index in [0.29, 0.717) is 5.71 Å². The molecule has 0 radical (unpaired) electrons. The molecule has 0 aliphatic rings. The van der Waals surface area contributed by atoms with E-state index in [1.807, 2.05) is 49.4 Å². The van der Waals surface area contributed by atoms with E-state index in [9.17, 15) is 0 Å². The number of oxime groups is 1. The Morgan fingerprint density at radius 2 is 1.74 bits per heavy atom. The smallest absolute Gasteiger partial charge is 0.0843 e. The zero-order chi connectivity index (χ0) is 13.7. The quantitative estimate of drug-likeness (QED) is 0.513. The van der Waals surface area contributed by atoms with Crippen LogP contribution >= 0.6 is 0 Å². The SMILES string of the molecule is CC(=N/O)/C(=C/c1ccncc1)c1ccc(C)cc1. The first-order valence-corrected chi connectivity index (χ1v) is 6.08. The predicted molar refractivity (Wildman–Crippen MR) is 78.2 cm³/mol. The molecule has 1 aromatic heterocycles. The molecule has 0 bridgehead atoms. The fraction of sp³-hybridized carbons (Fsp3) is 0.125. The first-order chi connectivity index (χ1) is 9.20. The molecule has 0 fully saturated rings. The van der Waals surface area contributed by atoms with Crippen LogP contribution in [0, 0.1) is 6.92 Å². The van der Waals surface area contributed by atoms with Gasteiger partial charge in [0.2, 0.25) is 0 Å². The molecule has 0 spiro atoms. The van der Waals surface area contributed by atoms with E-state index in [1.54, 1.807) is 19.3 Å².